The average molecular weight is 399 g/mol. The summed E-state index contributed by atoms with van der Waals surface area (Å²) in [7, 11) is -3.92. The van der Waals surface area contributed by atoms with Crippen LogP contribution in [0.3, 0.4) is 0 Å². The fourth-order valence-corrected chi connectivity index (χ4v) is 3.52. The fourth-order valence-electron chi connectivity index (χ4n) is 2.45. The van der Waals surface area contributed by atoms with E-state index < -0.39 is 15.8 Å². The number of halogens is 1. The topological polar surface area (TPSA) is 105 Å². The van der Waals surface area contributed by atoms with E-state index in [0.29, 0.717) is 17.1 Å². The van der Waals surface area contributed by atoms with E-state index in [4.69, 9.17) is 15.9 Å². The molecule has 3 rings (SSSR count). The first-order valence-corrected chi connectivity index (χ1v) is 9.74. The van der Waals surface area contributed by atoms with Crippen molar-refractivity contribution < 1.29 is 17.5 Å². The van der Waals surface area contributed by atoms with Crippen LogP contribution in [0.25, 0.3) is 0 Å². The van der Waals surface area contributed by atoms with Gasteiger partial charge in [-0.3, -0.25) is 10.1 Å². The number of nitrogen functional groups attached to an aromatic ring is 1. The van der Waals surface area contributed by atoms with E-state index in [1.165, 1.54) is 12.1 Å². The molecule has 0 heterocycles. The smallest absolute Gasteiger partial charge is 0.262 e. The van der Waals surface area contributed by atoms with Gasteiger partial charge in [0.2, 0.25) is 0 Å². The van der Waals surface area contributed by atoms with Crippen molar-refractivity contribution in [3.8, 4) is 11.5 Å². The zero-order valence-corrected chi connectivity index (χ0v) is 15.8. The van der Waals surface area contributed by atoms with Crippen LogP contribution in [0.5, 0.6) is 11.5 Å². The summed E-state index contributed by atoms with van der Waals surface area (Å²) in [6, 6.07) is 16.1. The molecule has 0 aromatic heterocycles. The Labute approximate surface area is 162 Å². The molecule has 6 nitrogen and oxygen atoms in total. The van der Waals surface area contributed by atoms with Crippen molar-refractivity contribution in [1.82, 2.24) is 0 Å². The van der Waals surface area contributed by atoms with Crippen LogP contribution in [0, 0.1) is 18.2 Å². The highest BCUT2D eigenvalue weighted by Gasteiger charge is 2.17. The SMILES string of the molecule is Cc1ccc(NS(=O)(=O)c2ccc(F)cc2)c(Oc2ccc(C(=N)N)cc2)c1. The molecule has 0 bridgehead atoms. The molecule has 144 valence electrons. The van der Waals surface area contributed by atoms with Crippen LogP contribution in [-0.4, -0.2) is 14.3 Å². The minimum absolute atomic E-state index is 0.0603. The Kier molecular flexibility index (Phi) is 5.32. The number of hydrogen-bond donors (Lipinski definition) is 3. The van der Waals surface area contributed by atoms with Crippen LogP contribution in [0.15, 0.2) is 71.6 Å². The third kappa shape index (κ3) is 4.47. The van der Waals surface area contributed by atoms with Crippen molar-refractivity contribution in [3.05, 3.63) is 83.7 Å². The molecule has 0 spiro atoms. The summed E-state index contributed by atoms with van der Waals surface area (Å²) < 4.78 is 46.6. The second kappa shape index (κ2) is 7.69. The van der Waals surface area contributed by atoms with Crippen molar-refractivity contribution in [2.45, 2.75) is 11.8 Å². The Morgan fingerprint density at radius 1 is 1.04 bits per heavy atom. The van der Waals surface area contributed by atoms with Gasteiger partial charge in [-0.05, 0) is 73.2 Å². The first-order valence-electron chi connectivity index (χ1n) is 8.26. The summed E-state index contributed by atoms with van der Waals surface area (Å²) in [5, 5.41) is 7.42. The van der Waals surface area contributed by atoms with Crippen molar-refractivity contribution in [2.75, 3.05) is 4.72 Å². The van der Waals surface area contributed by atoms with Crippen LogP contribution in [0.2, 0.25) is 0 Å². The molecule has 0 radical (unpaired) electrons. The number of benzene rings is 3. The van der Waals surface area contributed by atoms with E-state index in [-0.39, 0.29) is 16.4 Å². The van der Waals surface area contributed by atoms with Crippen LogP contribution in [-0.2, 0) is 10.0 Å². The summed E-state index contributed by atoms with van der Waals surface area (Å²) in [5.74, 6) is 0.182. The maximum atomic E-state index is 13.1. The Balaban J connectivity index is 1.90. The predicted molar refractivity (Wildman–Crippen MR) is 106 cm³/mol. The van der Waals surface area contributed by atoms with Crippen molar-refractivity contribution in [2.24, 2.45) is 5.73 Å². The lowest BCUT2D eigenvalue weighted by atomic mass is 10.2. The van der Waals surface area contributed by atoms with Crippen molar-refractivity contribution in [1.29, 1.82) is 5.41 Å². The molecule has 4 N–H and O–H groups in total. The summed E-state index contributed by atoms with van der Waals surface area (Å²) in [4.78, 5) is -0.0637. The molecule has 0 fully saturated rings. The molecule has 0 saturated heterocycles. The largest absolute Gasteiger partial charge is 0.455 e. The maximum absolute atomic E-state index is 13.1. The number of nitrogens with two attached hydrogens (primary N) is 1. The number of aryl methyl sites for hydroxylation is 1. The Hall–Kier alpha value is -3.39. The first kappa shape index (κ1) is 19.4. The highest BCUT2D eigenvalue weighted by atomic mass is 32.2. The molecule has 8 heteroatoms. The Morgan fingerprint density at radius 2 is 1.68 bits per heavy atom. The zero-order valence-electron chi connectivity index (χ0n) is 14.9. The lowest BCUT2D eigenvalue weighted by Gasteiger charge is -2.14. The van der Waals surface area contributed by atoms with Gasteiger partial charge >= 0.3 is 0 Å². The van der Waals surface area contributed by atoms with Crippen molar-refractivity contribution in [3.63, 3.8) is 0 Å². The van der Waals surface area contributed by atoms with Crippen LogP contribution in [0.4, 0.5) is 10.1 Å². The van der Waals surface area contributed by atoms with Gasteiger partial charge in [0, 0.05) is 5.56 Å². The number of hydrogen-bond acceptors (Lipinski definition) is 4. The van der Waals surface area contributed by atoms with Crippen LogP contribution >= 0.6 is 0 Å². The molecule has 3 aromatic rings. The minimum Gasteiger partial charge on any atom is -0.455 e. The third-order valence-corrected chi connectivity index (χ3v) is 5.28. The Bertz CT molecular complexity index is 1110. The molecule has 0 aliphatic rings. The van der Waals surface area contributed by atoms with Gasteiger partial charge in [-0.2, -0.15) is 0 Å². The highest BCUT2D eigenvalue weighted by Crippen LogP contribution is 2.32. The fraction of sp³-hybridized carbons (Fsp3) is 0.0500. The first-order chi connectivity index (χ1) is 13.2. The van der Waals surface area contributed by atoms with Gasteiger partial charge in [-0.25, -0.2) is 12.8 Å². The molecule has 3 aromatic carbocycles. The molecule has 0 aliphatic heterocycles. The molecule has 0 saturated carbocycles. The number of rotatable bonds is 6. The molecular formula is C20H18FN3O3S. The number of ether oxygens (including phenoxy) is 1. The van der Waals surface area contributed by atoms with Gasteiger partial charge in [0.1, 0.15) is 17.4 Å². The van der Waals surface area contributed by atoms with Gasteiger partial charge < -0.3 is 10.5 Å². The van der Waals surface area contributed by atoms with Crippen LogP contribution < -0.4 is 15.2 Å². The molecule has 0 atom stereocenters. The average Bonchev–Trinajstić information content (AvgIpc) is 2.65. The van der Waals surface area contributed by atoms with Gasteiger partial charge in [-0.1, -0.05) is 6.07 Å². The number of sulfonamides is 1. The number of nitrogens with one attached hydrogen (secondary N) is 2. The predicted octanol–water partition coefficient (Wildman–Crippen LogP) is 4.01. The monoisotopic (exact) mass is 399 g/mol. The van der Waals surface area contributed by atoms with E-state index in [9.17, 15) is 12.8 Å². The lowest BCUT2D eigenvalue weighted by molar-refractivity contribution is 0.484. The van der Waals surface area contributed by atoms with E-state index in [2.05, 4.69) is 4.72 Å². The normalized spacial score (nSPS) is 11.1. The molecule has 28 heavy (non-hydrogen) atoms. The van der Waals surface area contributed by atoms with Gasteiger partial charge in [-0.15, -0.1) is 0 Å². The Morgan fingerprint density at radius 3 is 2.29 bits per heavy atom. The lowest BCUT2D eigenvalue weighted by Crippen LogP contribution is -2.13. The highest BCUT2D eigenvalue weighted by molar-refractivity contribution is 7.92. The van der Waals surface area contributed by atoms with Crippen molar-refractivity contribution >= 4 is 21.5 Å². The molecule has 0 amide bonds. The van der Waals surface area contributed by atoms with E-state index >= 15 is 0 Å². The summed E-state index contributed by atoms with van der Waals surface area (Å²) in [5.41, 5.74) is 7.10. The quantitative estimate of drug-likeness (QED) is 0.430. The summed E-state index contributed by atoms with van der Waals surface area (Å²) in [6.45, 7) is 1.85. The van der Waals surface area contributed by atoms with E-state index in [1.807, 2.05) is 6.92 Å². The van der Waals surface area contributed by atoms with E-state index in [1.54, 1.807) is 42.5 Å². The van der Waals surface area contributed by atoms with E-state index in [0.717, 1.165) is 17.7 Å². The molecule has 0 unspecified atom stereocenters. The van der Waals surface area contributed by atoms with Crippen LogP contribution in [0.1, 0.15) is 11.1 Å². The molecule has 0 aliphatic carbocycles. The second-order valence-electron chi connectivity index (χ2n) is 6.10. The third-order valence-electron chi connectivity index (χ3n) is 3.90. The van der Waals surface area contributed by atoms with Gasteiger partial charge in [0.15, 0.2) is 5.75 Å². The number of amidine groups is 1. The van der Waals surface area contributed by atoms with Gasteiger partial charge in [0.25, 0.3) is 10.0 Å². The summed E-state index contributed by atoms with van der Waals surface area (Å²) >= 11 is 0. The second-order valence-corrected chi connectivity index (χ2v) is 7.78. The standard InChI is InChI=1S/C20H18FN3O3S/c1-13-2-11-18(24-28(25,26)17-9-5-15(21)6-10-17)19(12-13)27-16-7-3-14(4-8-16)20(22)23/h2-12,24H,1H3,(H3,22,23). The molecular weight excluding hydrogens is 381 g/mol. The summed E-state index contributed by atoms with van der Waals surface area (Å²) in [6.07, 6.45) is 0. The number of anilines is 1. The minimum atomic E-state index is -3.92. The van der Waals surface area contributed by atoms with Gasteiger partial charge in [0.05, 0.1) is 10.6 Å². The zero-order chi connectivity index (χ0) is 20.3. The maximum Gasteiger partial charge on any atom is 0.262 e.